The molecule has 1 unspecified atom stereocenters. The van der Waals surface area contributed by atoms with Crippen molar-refractivity contribution in [2.24, 2.45) is 0 Å². The lowest BCUT2D eigenvalue weighted by molar-refractivity contribution is -0.163. The molecule has 9 heteroatoms. The van der Waals surface area contributed by atoms with Crippen LogP contribution in [0, 0.1) is 0 Å². The molecular formula is C13H18N2O6P+. The van der Waals surface area contributed by atoms with Crippen molar-refractivity contribution in [3.63, 3.8) is 0 Å². The standard InChI is InChI=1S/C13H17N2O6P/c1-2-8-15(18)12(16)9-14(10-22(19,20)21)13(17)11-6-4-3-5-7-11/h2-7,18H,1,8-10H2,(H2,19,20,21)/p+1. The van der Waals surface area contributed by atoms with Gasteiger partial charge in [0.1, 0.15) is 6.54 Å². The van der Waals surface area contributed by atoms with Gasteiger partial charge in [-0.1, -0.05) is 24.3 Å². The summed E-state index contributed by atoms with van der Waals surface area (Å²) in [4.78, 5) is 41.0. The molecule has 0 heterocycles. The van der Waals surface area contributed by atoms with E-state index in [1.54, 1.807) is 18.2 Å². The molecule has 1 aromatic carbocycles. The van der Waals surface area contributed by atoms with Gasteiger partial charge in [0.25, 0.3) is 11.8 Å². The normalized spacial score (nSPS) is 13.0. The van der Waals surface area contributed by atoms with Crippen LogP contribution in [0.4, 0.5) is 0 Å². The number of carbonyl (C=O) groups is 2. The van der Waals surface area contributed by atoms with Crippen LogP contribution in [0.1, 0.15) is 10.4 Å². The molecule has 0 radical (unpaired) electrons. The molecule has 0 aliphatic rings. The fraction of sp³-hybridized carbons (Fsp3) is 0.231. The van der Waals surface area contributed by atoms with Crippen LogP contribution in [-0.2, 0) is 9.36 Å². The van der Waals surface area contributed by atoms with Crippen molar-refractivity contribution >= 4 is 19.4 Å². The highest BCUT2D eigenvalue weighted by Gasteiger charge is 2.31. The summed E-state index contributed by atoms with van der Waals surface area (Å²) in [6.07, 6.45) is 0.469. The van der Waals surface area contributed by atoms with Gasteiger partial charge in [0, 0.05) is 5.56 Å². The Labute approximate surface area is 127 Å². The number of benzene rings is 1. The van der Waals surface area contributed by atoms with Gasteiger partial charge in [-0.05, 0) is 12.1 Å². The van der Waals surface area contributed by atoms with E-state index >= 15 is 0 Å². The van der Waals surface area contributed by atoms with Gasteiger partial charge >= 0.3 is 7.60 Å². The summed E-state index contributed by atoms with van der Waals surface area (Å²) in [5.74, 6) is -1.53. The Morgan fingerprint density at radius 1 is 1.32 bits per heavy atom. The summed E-state index contributed by atoms with van der Waals surface area (Å²) in [6, 6.07) is 7.84. The summed E-state index contributed by atoms with van der Waals surface area (Å²) < 4.78 is 11.3. The van der Waals surface area contributed by atoms with E-state index < -0.39 is 32.2 Å². The van der Waals surface area contributed by atoms with E-state index in [0.717, 1.165) is 4.90 Å². The molecule has 2 amide bonds. The summed E-state index contributed by atoms with van der Waals surface area (Å²) in [6.45, 7) is 2.58. The van der Waals surface area contributed by atoms with Crippen LogP contribution in [-0.4, -0.2) is 56.1 Å². The van der Waals surface area contributed by atoms with Gasteiger partial charge in [-0.15, -0.1) is 6.58 Å². The Kier molecular flexibility index (Phi) is 6.45. The van der Waals surface area contributed by atoms with Crippen LogP contribution < -0.4 is 0 Å². The van der Waals surface area contributed by atoms with Gasteiger partial charge in [-0.2, -0.15) is 0 Å². The highest BCUT2D eigenvalue weighted by Crippen LogP contribution is 2.35. The summed E-state index contributed by atoms with van der Waals surface area (Å²) in [7, 11) is -4.32. The fourth-order valence-electron chi connectivity index (χ4n) is 1.65. The molecule has 0 bridgehead atoms. The zero-order valence-electron chi connectivity index (χ0n) is 11.8. The van der Waals surface area contributed by atoms with Crippen LogP contribution in [0.15, 0.2) is 43.0 Å². The first-order valence-electron chi connectivity index (χ1n) is 6.26. The lowest BCUT2D eigenvalue weighted by Gasteiger charge is -2.23. The SMILES string of the molecule is C=CCN(O)C(=O)CN(CP(=O)(O)[OH2+])C(=O)c1ccccc1. The van der Waals surface area contributed by atoms with Gasteiger partial charge in [0.2, 0.25) is 0 Å². The molecule has 1 aromatic rings. The van der Waals surface area contributed by atoms with Crippen LogP contribution in [0.25, 0.3) is 0 Å². The lowest BCUT2D eigenvalue weighted by atomic mass is 10.2. The highest BCUT2D eigenvalue weighted by molar-refractivity contribution is 7.51. The van der Waals surface area contributed by atoms with E-state index in [1.165, 1.54) is 18.2 Å². The van der Waals surface area contributed by atoms with Gasteiger partial charge < -0.3 is 9.79 Å². The molecule has 0 aromatic heterocycles. The molecule has 1 atom stereocenters. The Morgan fingerprint density at radius 3 is 2.41 bits per heavy atom. The van der Waals surface area contributed by atoms with E-state index in [4.69, 9.17) is 9.79 Å². The first-order valence-corrected chi connectivity index (χ1v) is 8.10. The van der Waals surface area contributed by atoms with E-state index in [0.29, 0.717) is 5.06 Å². The van der Waals surface area contributed by atoms with Crippen molar-refractivity contribution < 1.29 is 29.1 Å². The van der Waals surface area contributed by atoms with E-state index in [9.17, 15) is 19.4 Å². The van der Waals surface area contributed by atoms with E-state index in [-0.39, 0.29) is 12.1 Å². The second-order valence-electron chi connectivity index (χ2n) is 4.48. The number of nitrogens with zero attached hydrogens (tertiary/aromatic N) is 2. The predicted octanol–water partition coefficient (Wildman–Crippen LogP) is 0.400. The van der Waals surface area contributed by atoms with Gasteiger partial charge in [-0.3, -0.25) is 19.7 Å². The van der Waals surface area contributed by atoms with Crippen molar-refractivity contribution in [3.05, 3.63) is 48.6 Å². The first-order chi connectivity index (χ1) is 10.2. The maximum atomic E-state index is 12.3. The highest BCUT2D eigenvalue weighted by atomic mass is 31.2. The Balaban J connectivity index is 2.94. The largest absolute Gasteiger partial charge is 0.489 e. The summed E-state index contributed by atoms with van der Waals surface area (Å²) >= 11 is 0. The van der Waals surface area contributed by atoms with Crippen molar-refractivity contribution in [1.82, 2.24) is 9.96 Å². The average Bonchev–Trinajstić information content (AvgIpc) is 2.45. The van der Waals surface area contributed by atoms with Crippen LogP contribution >= 0.6 is 7.60 Å². The molecule has 0 spiro atoms. The number of hydrogen-bond acceptors (Lipinski definition) is 4. The molecule has 1 rings (SSSR count). The molecule has 0 aliphatic heterocycles. The molecule has 0 saturated carbocycles. The molecule has 8 nitrogen and oxygen atoms in total. The fourth-order valence-corrected chi connectivity index (χ4v) is 2.34. The molecule has 0 saturated heterocycles. The lowest BCUT2D eigenvalue weighted by Crippen LogP contribution is -2.42. The van der Waals surface area contributed by atoms with Crippen LogP contribution in [0.3, 0.4) is 0 Å². The summed E-state index contributed by atoms with van der Waals surface area (Å²) in [5.41, 5.74) is 0.206. The maximum absolute atomic E-state index is 12.3. The van der Waals surface area contributed by atoms with E-state index in [2.05, 4.69) is 6.58 Å². The minimum absolute atomic E-state index is 0.149. The Bertz CT molecular complexity index is 585. The molecule has 4 N–H and O–H groups in total. The zero-order chi connectivity index (χ0) is 16.8. The van der Waals surface area contributed by atoms with Gasteiger partial charge in [0.15, 0.2) is 6.29 Å². The third kappa shape index (κ3) is 5.79. The second kappa shape index (κ2) is 7.86. The second-order valence-corrected chi connectivity index (χ2v) is 6.16. The van der Waals surface area contributed by atoms with Gasteiger partial charge in [0.05, 0.1) is 6.54 Å². The minimum atomic E-state index is -4.32. The number of amides is 2. The monoisotopic (exact) mass is 329 g/mol. The Morgan fingerprint density at radius 2 is 1.91 bits per heavy atom. The number of carbonyl (C=O) groups excluding carboxylic acids is 2. The average molecular weight is 329 g/mol. The molecule has 22 heavy (non-hydrogen) atoms. The quantitative estimate of drug-likeness (QED) is 0.247. The predicted molar refractivity (Wildman–Crippen MR) is 79.5 cm³/mol. The summed E-state index contributed by atoms with van der Waals surface area (Å²) in [5, 5.41) is 9.75. The first kappa shape index (κ1) is 18.1. The van der Waals surface area contributed by atoms with Crippen LogP contribution in [0.5, 0.6) is 0 Å². The number of hydroxylamine groups is 2. The molecule has 120 valence electrons. The molecular weight excluding hydrogens is 311 g/mol. The zero-order valence-corrected chi connectivity index (χ0v) is 12.6. The smallest absolute Gasteiger partial charge is 0.390 e. The third-order valence-corrected chi connectivity index (χ3v) is 3.31. The number of hydrogen-bond donors (Lipinski definition) is 2. The van der Waals surface area contributed by atoms with E-state index in [1.807, 2.05) is 0 Å². The minimum Gasteiger partial charge on any atom is -0.390 e. The van der Waals surface area contributed by atoms with Gasteiger partial charge in [-0.25, -0.2) is 9.63 Å². The third-order valence-electron chi connectivity index (χ3n) is 2.59. The van der Waals surface area contributed by atoms with Crippen molar-refractivity contribution in [2.45, 2.75) is 0 Å². The molecule has 0 fully saturated rings. The molecule has 0 aliphatic carbocycles. The topological polar surface area (TPSA) is 121 Å². The maximum Gasteiger partial charge on any atom is 0.489 e. The number of rotatable bonds is 7. The van der Waals surface area contributed by atoms with Crippen molar-refractivity contribution in [3.8, 4) is 0 Å². The van der Waals surface area contributed by atoms with Crippen molar-refractivity contribution in [1.29, 1.82) is 0 Å². The van der Waals surface area contributed by atoms with Crippen LogP contribution in [0.2, 0.25) is 0 Å². The van der Waals surface area contributed by atoms with Crippen molar-refractivity contribution in [2.75, 3.05) is 19.4 Å². The Hall–Kier alpha value is -1.99.